The largest absolute Gasteiger partial charge is 0.353 e. The SMILES string of the molecule is Cn1cccc1[13CH](c1cccn1C)c1cccn1C. The van der Waals surface area contributed by atoms with Crippen molar-refractivity contribution in [1.82, 2.24) is 13.7 Å². The van der Waals surface area contributed by atoms with Crippen LogP contribution in [0.25, 0.3) is 0 Å². The Morgan fingerprint density at radius 3 is 1.16 bits per heavy atom. The standard InChI is InChI=1S/C16H19N3/c1-17-10-4-7-13(17)16(14-8-5-11-18(14)2)15-9-6-12-19(15)3/h4-12,16H,1-3H3/i16+1. The van der Waals surface area contributed by atoms with Gasteiger partial charge in [-0.1, -0.05) is 0 Å². The van der Waals surface area contributed by atoms with Crippen molar-refractivity contribution >= 4 is 0 Å². The lowest BCUT2D eigenvalue weighted by Gasteiger charge is -2.20. The molecule has 0 aliphatic rings. The summed E-state index contributed by atoms with van der Waals surface area (Å²) in [5, 5.41) is 0. The van der Waals surface area contributed by atoms with Crippen LogP contribution in [0.4, 0.5) is 0 Å². The van der Waals surface area contributed by atoms with E-state index in [1.165, 1.54) is 17.1 Å². The zero-order valence-corrected chi connectivity index (χ0v) is 11.6. The van der Waals surface area contributed by atoms with E-state index < -0.39 is 0 Å². The van der Waals surface area contributed by atoms with E-state index >= 15 is 0 Å². The van der Waals surface area contributed by atoms with Gasteiger partial charge in [0, 0.05) is 56.8 Å². The van der Waals surface area contributed by atoms with Crippen molar-refractivity contribution < 1.29 is 0 Å². The summed E-state index contributed by atoms with van der Waals surface area (Å²) in [5.41, 5.74) is 3.93. The summed E-state index contributed by atoms with van der Waals surface area (Å²) < 4.78 is 6.60. The van der Waals surface area contributed by atoms with Gasteiger partial charge in [0.1, 0.15) is 0 Å². The molecule has 0 saturated carbocycles. The van der Waals surface area contributed by atoms with Gasteiger partial charge in [-0.15, -0.1) is 0 Å². The van der Waals surface area contributed by atoms with Gasteiger partial charge in [-0.05, 0) is 36.4 Å². The lowest BCUT2D eigenvalue weighted by molar-refractivity contribution is 0.692. The number of nitrogens with zero attached hydrogens (tertiary/aromatic N) is 3. The molecule has 0 atom stereocenters. The van der Waals surface area contributed by atoms with E-state index in [2.05, 4.69) is 89.8 Å². The molecule has 0 fully saturated rings. The normalized spacial score (nSPS) is 11.4. The molecule has 3 aromatic rings. The summed E-state index contributed by atoms with van der Waals surface area (Å²) in [6, 6.07) is 12.9. The fourth-order valence-electron chi connectivity index (χ4n) is 2.78. The quantitative estimate of drug-likeness (QED) is 0.638. The van der Waals surface area contributed by atoms with Gasteiger partial charge < -0.3 is 13.7 Å². The topological polar surface area (TPSA) is 14.8 Å². The molecule has 3 aromatic heterocycles. The van der Waals surface area contributed by atoms with E-state index in [-0.39, 0.29) is 5.92 Å². The Bertz CT molecular complexity index is 589. The van der Waals surface area contributed by atoms with Crippen molar-refractivity contribution in [3.63, 3.8) is 0 Å². The van der Waals surface area contributed by atoms with Gasteiger partial charge in [0.15, 0.2) is 0 Å². The fraction of sp³-hybridized carbons (Fsp3) is 0.250. The van der Waals surface area contributed by atoms with Crippen molar-refractivity contribution in [3.05, 3.63) is 72.1 Å². The minimum absolute atomic E-state index is 0.264. The fourth-order valence-corrected chi connectivity index (χ4v) is 2.78. The zero-order valence-electron chi connectivity index (χ0n) is 11.6. The van der Waals surface area contributed by atoms with E-state index in [0.717, 1.165) is 0 Å². The lowest BCUT2D eigenvalue weighted by Crippen LogP contribution is -2.14. The first-order chi connectivity index (χ1) is 9.18. The number of hydrogen-bond donors (Lipinski definition) is 0. The Labute approximate surface area is 113 Å². The summed E-state index contributed by atoms with van der Waals surface area (Å²) in [4.78, 5) is 0. The van der Waals surface area contributed by atoms with Crippen molar-refractivity contribution in [2.24, 2.45) is 21.1 Å². The van der Waals surface area contributed by atoms with Gasteiger partial charge in [-0.3, -0.25) is 0 Å². The average molecular weight is 254 g/mol. The first kappa shape index (κ1) is 11.9. The second-order valence-electron chi connectivity index (χ2n) is 5.06. The van der Waals surface area contributed by atoms with Crippen molar-refractivity contribution in [2.45, 2.75) is 5.92 Å². The summed E-state index contributed by atoms with van der Waals surface area (Å²) >= 11 is 0. The summed E-state index contributed by atoms with van der Waals surface area (Å²) in [5.74, 6) is 0.264. The zero-order chi connectivity index (χ0) is 13.4. The van der Waals surface area contributed by atoms with Crippen molar-refractivity contribution in [3.8, 4) is 0 Å². The van der Waals surface area contributed by atoms with Gasteiger partial charge in [0.05, 0.1) is 5.92 Å². The molecule has 0 aliphatic carbocycles. The third-order valence-corrected chi connectivity index (χ3v) is 3.84. The Morgan fingerprint density at radius 1 is 0.632 bits per heavy atom. The Hall–Kier alpha value is -2.16. The molecule has 3 rings (SSSR count). The van der Waals surface area contributed by atoms with Crippen LogP contribution in [-0.4, -0.2) is 13.7 Å². The maximum absolute atomic E-state index is 2.20. The second-order valence-corrected chi connectivity index (χ2v) is 5.06. The molecule has 0 unspecified atom stereocenters. The molecule has 0 radical (unpaired) electrons. The number of aryl methyl sites for hydroxylation is 3. The Kier molecular flexibility index (Phi) is 2.82. The molecule has 3 heterocycles. The van der Waals surface area contributed by atoms with Gasteiger partial charge in [0.25, 0.3) is 0 Å². The van der Waals surface area contributed by atoms with Crippen LogP contribution < -0.4 is 0 Å². The Morgan fingerprint density at radius 2 is 0.947 bits per heavy atom. The predicted octanol–water partition coefficient (Wildman–Crippen LogP) is 2.88. The highest BCUT2D eigenvalue weighted by Crippen LogP contribution is 2.31. The molecule has 0 saturated heterocycles. The Balaban J connectivity index is 2.20. The summed E-state index contributed by atoms with van der Waals surface area (Å²) in [6.45, 7) is 0. The highest BCUT2D eigenvalue weighted by Gasteiger charge is 2.23. The molecule has 0 aromatic carbocycles. The van der Waals surface area contributed by atoms with Gasteiger partial charge in [0.2, 0.25) is 0 Å². The van der Waals surface area contributed by atoms with E-state index in [9.17, 15) is 0 Å². The maximum atomic E-state index is 2.20. The molecule has 0 spiro atoms. The summed E-state index contributed by atoms with van der Waals surface area (Å²) in [6.07, 6.45) is 6.32. The molecule has 98 valence electrons. The maximum Gasteiger partial charge on any atom is 0.0797 e. The van der Waals surface area contributed by atoms with E-state index in [4.69, 9.17) is 0 Å². The molecule has 0 N–H and O–H groups in total. The average Bonchev–Trinajstić information content (AvgIpc) is 3.07. The van der Waals surface area contributed by atoms with Crippen LogP contribution >= 0.6 is 0 Å². The van der Waals surface area contributed by atoms with Crippen LogP contribution in [0.3, 0.4) is 0 Å². The lowest BCUT2D eigenvalue weighted by atomic mass is 10.2. The molecule has 19 heavy (non-hydrogen) atoms. The van der Waals surface area contributed by atoms with Crippen molar-refractivity contribution in [1.29, 1.82) is 0 Å². The highest BCUT2D eigenvalue weighted by atomic mass is 15.1. The summed E-state index contributed by atoms with van der Waals surface area (Å²) in [7, 11) is 6.32. The molecule has 0 amide bonds. The highest BCUT2D eigenvalue weighted by molar-refractivity contribution is 5.36. The molecular weight excluding hydrogens is 235 g/mol. The van der Waals surface area contributed by atoms with Crippen LogP contribution in [0, 0.1) is 0 Å². The second kappa shape index (κ2) is 4.50. The van der Waals surface area contributed by atoms with Crippen LogP contribution in [0.1, 0.15) is 23.0 Å². The minimum atomic E-state index is 0.264. The molecular formula is C16H19N3. The first-order valence-corrected chi connectivity index (χ1v) is 6.52. The van der Waals surface area contributed by atoms with Gasteiger partial charge >= 0.3 is 0 Å². The third-order valence-electron chi connectivity index (χ3n) is 3.84. The number of hydrogen-bond acceptors (Lipinski definition) is 0. The van der Waals surface area contributed by atoms with E-state index in [0.29, 0.717) is 0 Å². The molecule has 3 heteroatoms. The smallest absolute Gasteiger partial charge is 0.0797 e. The van der Waals surface area contributed by atoms with E-state index in [1.807, 2.05) is 0 Å². The van der Waals surface area contributed by atoms with Crippen LogP contribution in [-0.2, 0) is 21.1 Å². The van der Waals surface area contributed by atoms with E-state index in [1.54, 1.807) is 0 Å². The van der Waals surface area contributed by atoms with Gasteiger partial charge in [-0.2, -0.15) is 0 Å². The van der Waals surface area contributed by atoms with Crippen LogP contribution in [0.2, 0.25) is 0 Å². The third kappa shape index (κ3) is 1.91. The predicted molar refractivity (Wildman–Crippen MR) is 77.2 cm³/mol. The van der Waals surface area contributed by atoms with Gasteiger partial charge in [-0.25, -0.2) is 0 Å². The molecule has 3 nitrogen and oxygen atoms in total. The number of rotatable bonds is 3. The molecule has 0 aliphatic heterocycles. The van der Waals surface area contributed by atoms with Crippen LogP contribution in [0.5, 0.6) is 0 Å². The number of aromatic nitrogens is 3. The minimum Gasteiger partial charge on any atom is -0.353 e. The molecule has 0 bridgehead atoms. The monoisotopic (exact) mass is 254 g/mol. The van der Waals surface area contributed by atoms with Crippen LogP contribution in [0.15, 0.2) is 55.0 Å². The van der Waals surface area contributed by atoms with Crippen molar-refractivity contribution in [2.75, 3.05) is 0 Å². The first-order valence-electron chi connectivity index (χ1n) is 6.52.